The minimum atomic E-state index is -2.98. The van der Waals surface area contributed by atoms with E-state index in [4.69, 9.17) is 6.42 Å². The van der Waals surface area contributed by atoms with Gasteiger partial charge in [-0.05, 0) is 18.2 Å². The number of carbonyl (C=O) groups is 1. The number of benzene rings is 1. The Labute approximate surface area is 103 Å². The maximum atomic E-state index is 12.2. The first-order chi connectivity index (χ1) is 8.58. The lowest BCUT2D eigenvalue weighted by molar-refractivity contribution is -0.0494. The zero-order valence-corrected chi connectivity index (χ0v) is 9.67. The third-order valence-corrected chi connectivity index (χ3v) is 2.07. The van der Waals surface area contributed by atoms with E-state index in [2.05, 4.69) is 21.3 Å². The molecule has 0 aliphatic rings. The van der Waals surface area contributed by atoms with Crippen LogP contribution in [0.5, 0.6) is 5.75 Å². The van der Waals surface area contributed by atoms with Crippen molar-refractivity contribution in [3.05, 3.63) is 23.8 Å². The highest BCUT2D eigenvalue weighted by Gasteiger charge is 2.13. The molecule has 1 aromatic carbocycles. The van der Waals surface area contributed by atoms with E-state index in [0.29, 0.717) is 5.69 Å². The average Bonchev–Trinajstić information content (AvgIpc) is 2.35. The number of ether oxygens (including phenoxy) is 1. The molecule has 4 nitrogen and oxygen atoms in total. The van der Waals surface area contributed by atoms with Gasteiger partial charge in [-0.1, -0.05) is 5.92 Å². The molecule has 6 heteroatoms. The molecule has 0 aromatic heterocycles. The van der Waals surface area contributed by atoms with Crippen molar-refractivity contribution in [2.45, 2.75) is 6.61 Å². The second-order valence-corrected chi connectivity index (χ2v) is 3.23. The van der Waals surface area contributed by atoms with Gasteiger partial charge in [-0.15, -0.1) is 6.42 Å². The topological polar surface area (TPSA) is 50.4 Å². The van der Waals surface area contributed by atoms with Crippen molar-refractivity contribution in [3.8, 4) is 18.1 Å². The van der Waals surface area contributed by atoms with Gasteiger partial charge in [-0.2, -0.15) is 8.78 Å². The van der Waals surface area contributed by atoms with Crippen LogP contribution in [0.4, 0.5) is 14.5 Å². The predicted octanol–water partition coefficient (Wildman–Crippen LogP) is 1.69. The van der Waals surface area contributed by atoms with Crippen LogP contribution in [0.3, 0.4) is 0 Å². The molecule has 0 fully saturated rings. The zero-order chi connectivity index (χ0) is 13.5. The first-order valence-electron chi connectivity index (χ1n) is 5.06. The van der Waals surface area contributed by atoms with Crippen LogP contribution in [-0.2, 0) is 0 Å². The molecular weight excluding hydrogens is 242 g/mol. The maximum Gasteiger partial charge on any atom is 0.387 e. The molecule has 0 radical (unpaired) electrons. The molecule has 0 bridgehead atoms. The van der Waals surface area contributed by atoms with Crippen LogP contribution in [0.25, 0.3) is 0 Å². The van der Waals surface area contributed by atoms with Crippen LogP contribution in [0.15, 0.2) is 18.2 Å². The van der Waals surface area contributed by atoms with Gasteiger partial charge in [0.2, 0.25) is 0 Å². The van der Waals surface area contributed by atoms with Gasteiger partial charge in [0.1, 0.15) is 5.75 Å². The molecule has 0 heterocycles. The number of halogens is 2. The molecule has 96 valence electrons. The highest BCUT2D eigenvalue weighted by Crippen LogP contribution is 2.27. The second kappa shape index (κ2) is 6.45. The highest BCUT2D eigenvalue weighted by molar-refractivity contribution is 5.95. The highest BCUT2D eigenvalue weighted by atomic mass is 19.3. The number of rotatable bonds is 5. The van der Waals surface area contributed by atoms with Gasteiger partial charge in [-0.25, -0.2) is 0 Å². The van der Waals surface area contributed by atoms with E-state index in [1.54, 1.807) is 0 Å². The molecule has 0 spiro atoms. The third kappa shape index (κ3) is 3.63. The van der Waals surface area contributed by atoms with Crippen LogP contribution < -0.4 is 15.4 Å². The van der Waals surface area contributed by atoms with Gasteiger partial charge in [0.05, 0.1) is 12.2 Å². The predicted molar refractivity (Wildman–Crippen MR) is 63.8 cm³/mol. The first kappa shape index (κ1) is 13.8. The Kier molecular flexibility index (Phi) is 4.93. The summed E-state index contributed by atoms with van der Waals surface area (Å²) in [5, 5.41) is 5.12. The minimum absolute atomic E-state index is 0.124. The number of amides is 1. The number of terminal acetylenes is 1. The Bertz CT molecular complexity index is 470. The second-order valence-electron chi connectivity index (χ2n) is 3.23. The summed E-state index contributed by atoms with van der Waals surface area (Å²) in [7, 11) is 1.44. The number of anilines is 1. The number of nitrogens with one attached hydrogen (secondary N) is 2. The van der Waals surface area contributed by atoms with Crippen molar-refractivity contribution >= 4 is 11.6 Å². The summed E-state index contributed by atoms with van der Waals surface area (Å²) in [4.78, 5) is 11.4. The van der Waals surface area contributed by atoms with Crippen molar-refractivity contribution in [1.82, 2.24) is 5.32 Å². The molecule has 1 amide bonds. The Balaban J connectivity index is 3.04. The molecule has 0 aliphatic carbocycles. The minimum Gasteiger partial charge on any atom is -0.433 e. The molecule has 0 saturated heterocycles. The van der Waals surface area contributed by atoms with E-state index in [9.17, 15) is 13.6 Å². The van der Waals surface area contributed by atoms with E-state index < -0.39 is 12.5 Å². The van der Waals surface area contributed by atoms with Crippen molar-refractivity contribution < 1.29 is 18.3 Å². The summed E-state index contributed by atoms with van der Waals surface area (Å²) in [6.45, 7) is -2.81. The molecule has 1 aromatic rings. The maximum absolute atomic E-state index is 12.2. The van der Waals surface area contributed by atoms with Crippen LogP contribution in [-0.4, -0.2) is 26.1 Å². The quantitative estimate of drug-likeness (QED) is 0.786. The molecule has 2 N–H and O–H groups in total. The number of hydrogen-bond donors (Lipinski definition) is 2. The Hall–Kier alpha value is -2.29. The monoisotopic (exact) mass is 254 g/mol. The fourth-order valence-corrected chi connectivity index (χ4v) is 1.29. The zero-order valence-electron chi connectivity index (χ0n) is 9.67. The van der Waals surface area contributed by atoms with E-state index in [1.807, 2.05) is 0 Å². The number of hydrogen-bond acceptors (Lipinski definition) is 3. The van der Waals surface area contributed by atoms with Crippen molar-refractivity contribution in [3.63, 3.8) is 0 Å². The lowest BCUT2D eigenvalue weighted by atomic mass is 10.1. The Morgan fingerprint density at radius 1 is 1.56 bits per heavy atom. The molecule has 18 heavy (non-hydrogen) atoms. The molecule has 0 atom stereocenters. The number of alkyl halides is 2. The largest absolute Gasteiger partial charge is 0.433 e. The molecule has 0 unspecified atom stereocenters. The Morgan fingerprint density at radius 2 is 2.28 bits per heavy atom. The Morgan fingerprint density at radius 3 is 2.83 bits per heavy atom. The van der Waals surface area contributed by atoms with Crippen molar-refractivity contribution in [1.29, 1.82) is 0 Å². The lowest BCUT2D eigenvalue weighted by Crippen LogP contribution is -2.18. The summed E-state index contributed by atoms with van der Waals surface area (Å²) >= 11 is 0. The van der Waals surface area contributed by atoms with E-state index in [1.165, 1.54) is 25.2 Å². The van der Waals surface area contributed by atoms with E-state index in [-0.39, 0.29) is 17.9 Å². The van der Waals surface area contributed by atoms with Gasteiger partial charge in [0.15, 0.2) is 0 Å². The van der Waals surface area contributed by atoms with Crippen molar-refractivity contribution in [2.75, 3.05) is 18.9 Å². The van der Waals surface area contributed by atoms with Crippen LogP contribution in [0.2, 0.25) is 0 Å². The van der Waals surface area contributed by atoms with Gasteiger partial charge >= 0.3 is 6.61 Å². The SMILES string of the molecule is C#CCNc1ccc(C(=O)NC)cc1OC(F)F. The van der Waals surface area contributed by atoms with E-state index >= 15 is 0 Å². The normalized spacial score (nSPS) is 9.72. The third-order valence-electron chi connectivity index (χ3n) is 2.07. The number of carbonyl (C=O) groups excluding carboxylic acids is 1. The molecule has 0 aliphatic heterocycles. The molecular formula is C12H12F2N2O2. The molecule has 0 saturated carbocycles. The standard InChI is InChI=1S/C12H12F2N2O2/c1-3-6-16-9-5-4-8(11(17)15-2)7-10(9)18-12(13)14/h1,4-5,7,12,16H,6H2,2H3,(H,15,17). The van der Waals surface area contributed by atoms with Crippen LogP contribution >= 0.6 is 0 Å². The van der Waals surface area contributed by atoms with Crippen LogP contribution in [0, 0.1) is 12.3 Å². The van der Waals surface area contributed by atoms with Crippen molar-refractivity contribution in [2.24, 2.45) is 0 Å². The fourth-order valence-electron chi connectivity index (χ4n) is 1.29. The van der Waals surface area contributed by atoms with Gasteiger partial charge < -0.3 is 15.4 Å². The summed E-state index contributed by atoms with van der Waals surface area (Å²) in [5.74, 6) is 1.80. The lowest BCUT2D eigenvalue weighted by Gasteiger charge is -2.12. The summed E-state index contributed by atoms with van der Waals surface area (Å²) in [6.07, 6.45) is 5.06. The van der Waals surface area contributed by atoms with Gasteiger partial charge in [-0.3, -0.25) is 4.79 Å². The average molecular weight is 254 g/mol. The fraction of sp³-hybridized carbons (Fsp3) is 0.250. The van der Waals surface area contributed by atoms with Gasteiger partial charge in [0.25, 0.3) is 5.91 Å². The summed E-state index contributed by atoms with van der Waals surface area (Å²) in [5.41, 5.74) is 0.528. The van der Waals surface area contributed by atoms with Gasteiger partial charge in [0, 0.05) is 12.6 Å². The van der Waals surface area contributed by atoms with Crippen LogP contribution in [0.1, 0.15) is 10.4 Å². The first-order valence-corrected chi connectivity index (χ1v) is 5.06. The summed E-state index contributed by atoms with van der Waals surface area (Å²) < 4.78 is 28.8. The smallest absolute Gasteiger partial charge is 0.387 e. The summed E-state index contributed by atoms with van der Waals surface area (Å²) in [6, 6.07) is 4.17. The molecule has 1 rings (SSSR count). The van der Waals surface area contributed by atoms with E-state index in [0.717, 1.165) is 0 Å².